The number of nitrogens with one attached hydrogen (secondary N) is 1. The minimum absolute atomic E-state index is 0.00203. The summed E-state index contributed by atoms with van der Waals surface area (Å²) in [5, 5.41) is 3.13. The SMILES string of the molecule is CC(C)(C)C(=O)N1CSCC1C(=O)NC1CCCc2occc21. The number of rotatable bonds is 2. The molecule has 0 saturated carbocycles. The normalized spacial score (nSPS) is 24.4. The van der Waals surface area contributed by atoms with E-state index in [0.29, 0.717) is 11.6 Å². The van der Waals surface area contributed by atoms with E-state index in [1.54, 1.807) is 22.9 Å². The first kappa shape index (κ1) is 16.4. The summed E-state index contributed by atoms with van der Waals surface area (Å²) in [5.41, 5.74) is 0.621. The van der Waals surface area contributed by atoms with Gasteiger partial charge in [0.05, 0.1) is 18.2 Å². The molecule has 5 nitrogen and oxygen atoms in total. The monoisotopic (exact) mass is 336 g/mol. The number of aryl methyl sites for hydroxylation is 1. The van der Waals surface area contributed by atoms with E-state index in [0.717, 1.165) is 30.6 Å². The van der Waals surface area contributed by atoms with Gasteiger partial charge in [-0.1, -0.05) is 20.8 Å². The lowest BCUT2D eigenvalue weighted by atomic mass is 9.92. The highest BCUT2D eigenvalue weighted by Crippen LogP contribution is 2.32. The van der Waals surface area contributed by atoms with Crippen molar-refractivity contribution in [3.05, 3.63) is 23.7 Å². The van der Waals surface area contributed by atoms with Crippen molar-refractivity contribution in [2.75, 3.05) is 11.6 Å². The molecule has 0 spiro atoms. The summed E-state index contributed by atoms with van der Waals surface area (Å²) in [4.78, 5) is 27.0. The lowest BCUT2D eigenvalue weighted by Gasteiger charge is -2.31. The van der Waals surface area contributed by atoms with Crippen LogP contribution in [0.5, 0.6) is 0 Å². The van der Waals surface area contributed by atoms with Crippen LogP contribution in [-0.4, -0.2) is 34.4 Å². The van der Waals surface area contributed by atoms with Crippen LogP contribution in [-0.2, 0) is 16.0 Å². The molecule has 0 bridgehead atoms. The van der Waals surface area contributed by atoms with Crippen LogP contribution in [0.3, 0.4) is 0 Å². The zero-order valence-corrected chi connectivity index (χ0v) is 14.7. The van der Waals surface area contributed by atoms with Crippen LogP contribution in [0.25, 0.3) is 0 Å². The first-order valence-electron chi connectivity index (χ1n) is 8.13. The van der Waals surface area contributed by atoms with E-state index in [2.05, 4.69) is 5.32 Å². The molecule has 0 radical (unpaired) electrons. The van der Waals surface area contributed by atoms with E-state index >= 15 is 0 Å². The predicted molar refractivity (Wildman–Crippen MR) is 89.9 cm³/mol. The van der Waals surface area contributed by atoms with Gasteiger partial charge in [0.25, 0.3) is 0 Å². The summed E-state index contributed by atoms with van der Waals surface area (Å²) in [6.07, 6.45) is 4.56. The van der Waals surface area contributed by atoms with Gasteiger partial charge >= 0.3 is 0 Å². The minimum Gasteiger partial charge on any atom is -0.469 e. The lowest BCUT2D eigenvalue weighted by molar-refractivity contribution is -0.144. The summed E-state index contributed by atoms with van der Waals surface area (Å²) in [6.45, 7) is 5.69. The zero-order chi connectivity index (χ0) is 16.6. The highest BCUT2D eigenvalue weighted by molar-refractivity contribution is 7.99. The van der Waals surface area contributed by atoms with Gasteiger partial charge in [-0.15, -0.1) is 11.8 Å². The summed E-state index contributed by atoms with van der Waals surface area (Å²) < 4.78 is 5.48. The predicted octanol–water partition coefficient (Wildman–Crippen LogP) is 2.72. The molecule has 6 heteroatoms. The number of amides is 2. The molecule has 3 rings (SSSR count). The molecule has 2 atom stereocenters. The Labute approximate surface area is 141 Å². The number of hydrogen-bond donors (Lipinski definition) is 1. The molecule has 1 N–H and O–H groups in total. The fraction of sp³-hybridized carbons (Fsp3) is 0.647. The molecule has 2 unspecified atom stereocenters. The molecular weight excluding hydrogens is 312 g/mol. The molecule has 2 heterocycles. The molecule has 23 heavy (non-hydrogen) atoms. The number of thioether (sulfide) groups is 1. The van der Waals surface area contributed by atoms with Crippen molar-refractivity contribution in [1.82, 2.24) is 10.2 Å². The Morgan fingerprint density at radius 2 is 2.17 bits per heavy atom. The van der Waals surface area contributed by atoms with E-state index in [4.69, 9.17) is 4.42 Å². The summed E-state index contributed by atoms with van der Waals surface area (Å²) in [6, 6.07) is 1.58. The van der Waals surface area contributed by atoms with Crippen molar-refractivity contribution in [3.8, 4) is 0 Å². The quantitative estimate of drug-likeness (QED) is 0.902. The smallest absolute Gasteiger partial charge is 0.244 e. The average Bonchev–Trinajstić information content (AvgIpc) is 3.14. The van der Waals surface area contributed by atoms with Crippen molar-refractivity contribution in [2.45, 2.75) is 52.1 Å². The topological polar surface area (TPSA) is 62.6 Å². The van der Waals surface area contributed by atoms with Crippen LogP contribution in [0.2, 0.25) is 0 Å². The van der Waals surface area contributed by atoms with E-state index in [-0.39, 0.29) is 23.9 Å². The van der Waals surface area contributed by atoms with Crippen molar-refractivity contribution < 1.29 is 14.0 Å². The third-order valence-electron chi connectivity index (χ3n) is 4.46. The van der Waals surface area contributed by atoms with Gasteiger partial charge in [-0.25, -0.2) is 0 Å². The summed E-state index contributed by atoms with van der Waals surface area (Å²) in [7, 11) is 0. The van der Waals surface area contributed by atoms with Crippen molar-refractivity contribution in [2.24, 2.45) is 5.41 Å². The summed E-state index contributed by atoms with van der Waals surface area (Å²) >= 11 is 1.64. The number of hydrogen-bond acceptors (Lipinski definition) is 4. The Morgan fingerprint density at radius 3 is 2.91 bits per heavy atom. The van der Waals surface area contributed by atoms with Crippen LogP contribution >= 0.6 is 11.8 Å². The highest BCUT2D eigenvalue weighted by Gasteiger charge is 2.39. The number of fused-ring (bicyclic) bond motifs is 1. The third kappa shape index (κ3) is 3.27. The van der Waals surface area contributed by atoms with E-state index < -0.39 is 5.41 Å². The van der Waals surface area contributed by atoms with Crippen LogP contribution < -0.4 is 5.32 Å². The molecule has 2 amide bonds. The van der Waals surface area contributed by atoms with Crippen molar-refractivity contribution in [1.29, 1.82) is 0 Å². The Balaban J connectivity index is 1.70. The fourth-order valence-electron chi connectivity index (χ4n) is 3.20. The first-order chi connectivity index (χ1) is 10.9. The molecule has 1 aliphatic heterocycles. The first-order valence-corrected chi connectivity index (χ1v) is 9.29. The van der Waals surface area contributed by atoms with Crippen molar-refractivity contribution in [3.63, 3.8) is 0 Å². The second kappa shape index (κ2) is 6.23. The van der Waals surface area contributed by atoms with Crippen LogP contribution in [0.1, 0.15) is 51.0 Å². The van der Waals surface area contributed by atoms with Crippen LogP contribution in [0.15, 0.2) is 16.7 Å². The minimum atomic E-state index is -0.466. The second-order valence-electron chi connectivity index (χ2n) is 7.29. The molecule has 1 aromatic rings. The van der Waals surface area contributed by atoms with Crippen LogP contribution in [0.4, 0.5) is 0 Å². The molecule has 1 fully saturated rings. The Hall–Kier alpha value is -1.43. The number of carbonyl (C=O) groups is 2. The molecule has 1 aliphatic carbocycles. The van der Waals surface area contributed by atoms with Crippen LogP contribution in [0, 0.1) is 5.41 Å². The third-order valence-corrected chi connectivity index (χ3v) is 5.47. The molecule has 126 valence electrons. The fourth-order valence-corrected chi connectivity index (χ4v) is 4.35. The number of furan rings is 1. The maximum atomic E-state index is 12.7. The van der Waals surface area contributed by atoms with Crippen molar-refractivity contribution >= 4 is 23.6 Å². The molecule has 1 saturated heterocycles. The van der Waals surface area contributed by atoms with Gasteiger partial charge in [0.15, 0.2) is 0 Å². The van der Waals surface area contributed by atoms with Gasteiger partial charge in [0.1, 0.15) is 11.8 Å². The van der Waals surface area contributed by atoms with Gasteiger partial charge < -0.3 is 14.6 Å². The Morgan fingerprint density at radius 1 is 1.39 bits per heavy atom. The maximum absolute atomic E-state index is 12.7. The van der Waals surface area contributed by atoms with Gasteiger partial charge in [0, 0.05) is 23.2 Å². The Bertz CT molecular complexity index is 605. The number of carbonyl (C=O) groups excluding carboxylic acids is 2. The van der Waals surface area contributed by atoms with Gasteiger partial charge in [-0.2, -0.15) is 0 Å². The zero-order valence-electron chi connectivity index (χ0n) is 13.9. The molecule has 0 aromatic carbocycles. The van der Waals surface area contributed by atoms with Gasteiger partial charge in [0.2, 0.25) is 11.8 Å². The maximum Gasteiger partial charge on any atom is 0.244 e. The molecular formula is C17H24N2O3S. The van der Waals surface area contributed by atoms with Gasteiger partial charge in [-0.3, -0.25) is 9.59 Å². The second-order valence-corrected chi connectivity index (χ2v) is 8.29. The molecule has 1 aromatic heterocycles. The highest BCUT2D eigenvalue weighted by atomic mass is 32.2. The van der Waals surface area contributed by atoms with E-state index in [9.17, 15) is 9.59 Å². The summed E-state index contributed by atoms with van der Waals surface area (Å²) in [5.74, 6) is 2.22. The van der Waals surface area contributed by atoms with E-state index in [1.165, 1.54) is 0 Å². The standard InChI is InChI=1S/C17H24N2O3S/c1-17(2,3)16(21)19-10-23-9-13(19)15(20)18-12-5-4-6-14-11(12)7-8-22-14/h7-8,12-13H,4-6,9-10H2,1-3H3,(H,18,20). The number of nitrogens with zero attached hydrogens (tertiary/aromatic N) is 1. The Kier molecular flexibility index (Phi) is 4.45. The largest absolute Gasteiger partial charge is 0.469 e. The van der Waals surface area contributed by atoms with E-state index in [1.807, 2.05) is 26.8 Å². The average molecular weight is 336 g/mol. The molecule has 2 aliphatic rings. The van der Waals surface area contributed by atoms with Gasteiger partial charge in [-0.05, 0) is 18.9 Å². The lowest BCUT2D eigenvalue weighted by Crippen LogP contribution is -2.51.